The number of thioether (sulfide) groups is 1. The summed E-state index contributed by atoms with van der Waals surface area (Å²) in [5, 5.41) is 12.9. The van der Waals surface area contributed by atoms with Crippen LogP contribution in [0.2, 0.25) is 0 Å². The van der Waals surface area contributed by atoms with E-state index in [1.165, 1.54) is 0 Å². The highest BCUT2D eigenvalue weighted by Gasteiger charge is 2.15. The van der Waals surface area contributed by atoms with Crippen LogP contribution in [-0.4, -0.2) is 35.3 Å². The SMILES string of the molecule is C=CCSCCNCC(C)(O)CC. The minimum Gasteiger partial charge on any atom is -0.389 e. The molecule has 1 unspecified atom stereocenters. The molecule has 2 nitrogen and oxygen atoms in total. The minimum absolute atomic E-state index is 0.552. The molecule has 1 atom stereocenters. The molecule has 0 bridgehead atoms. The Labute approximate surface area is 85.8 Å². The lowest BCUT2D eigenvalue weighted by Crippen LogP contribution is -2.37. The number of hydrogen-bond acceptors (Lipinski definition) is 3. The van der Waals surface area contributed by atoms with E-state index in [1.807, 2.05) is 31.7 Å². The fourth-order valence-electron chi connectivity index (χ4n) is 0.794. The van der Waals surface area contributed by atoms with E-state index in [0.717, 1.165) is 24.5 Å². The Morgan fingerprint density at radius 2 is 2.31 bits per heavy atom. The van der Waals surface area contributed by atoms with Crippen molar-refractivity contribution in [1.29, 1.82) is 0 Å². The topological polar surface area (TPSA) is 32.3 Å². The molecule has 2 N–H and O–H groups in total. The highest BCUT2D eigenvalue weighted by atomic mass is 32.2. The van der Waals surface area contributed by atoms with Crippen molar-refractivity contribution < 1.29 is 5.11 Å². The molecule has 0 spiro atoms. The van der Waals surface area contributed by atoms with Crippen molar-refractivity contribution >= 4 is 11.8 Å². The summed E-state index contributed by atoms with van der Waals surface area (Å²) < 4.78 is 0. The van der Waals surface area contributed by atoms with Crippen LogP contribution in [0, 0.1) is 0 Å². The summed E-state index contributed by atoms with van der Waals surface area (Å²) >= 11 is 1.85. The Morgan fingerprint density at radius 3 is 2.85 bits per heavy atom. The van der Waals surface area contributed by atoms with E-state index in [4.69, 9.17) is 0 Å². The first-order chi connectivity index (χ1) is 6.12. The molecule has 0 fully saturated rings. The standard InChI is InChI=1S/C10H21NOS/c1-4-7-13-8-6-11-9-10(3,12)5-2/h4,11-12H,1,5-9H2,2-3H3. The minimum atomic E-state index is -0.552. The van der Waals surface area contributed by atoms with Gasteiger partial charge in [0.1, 0.15) is 0 Å². The van der Waals surface area contributed by atoms with Gasteiger partial charge in [-0.15, -0.1) is 6.58 Å². The van der Waals surface area contributed by atoms with Crippen LogP contribution in [0.4, 0.5) is 0 Å². The Bertz CT molecular complexity index is 137. The summed E-state index contributed by atoms with van der Waals surface area (Å²) in [6, 6.07) is 0. The molecule has 0 aromatic heterocycles. The van der Waals surface area contributed by atoms with E-state index >= 15 is 0 Å². The predicted molar refractivity (Wildman–Crippen MR) is 61.3 cm³/mol. The van der Waals surface area contributed by atoms with Gasteiger partial charge in [-0.2, -0.15) is 11.8 Å². The Hall–Kier alpha value is 0.01000. The normalized spacial score (nSPS) is 15.3. The summed E-state index contributed by atoms with van der Waals surface area (Å²) in [6.45, 7) is 9.13. The number of hydrogen-bond donors (Lipinski definition) is 2. The summed E-state index contributed by atoms with van der Waals surface area (Å²) in [7, 11) is 0. The summed E-state index contributed by atoms with van der Waals surface area (Å²) in [5.74, 6) is 2.08. The monoisotopic (exact) mass is 203 g/mol. The van der Waals surface area contributed by atoms with Gasteiger partial charge in [-0.1, -0.05) is 13.0 Å². The number of nitrogens with one attached hydrogen (secondary N) is 1. The molecule has 0 aliphatic carbocycles. The molecule has 0 saturated carbocycles. The third kappa shape index (κ3) is 8.34. The summed E-state index contributed by atoms with van der Waals surface area (Å²) in [5.41, 5.74) is -0.552. The van der Waals surface area contributed by atoms with Gasteiger partial charge in [0.15, 0.2) is 0 Å². The van der Waals surface area contributed by atoms with Crippen LogP contribution in [0.1, 0.15) is 20.3 Å². The quantitative estimate of drug-likeness (QED) is 0.465. The third-order valence-corrected chi connectivity index (χ3v) is 2.89. The molecule has 0 amide bonds. The highest BCUT2D eigenvalue weighted by molar-refractivity contribution is 7.99. The summed E-state index contributed by atoms with van der Waals surface area (Å²) in [6.07, 6.45) is 2.70. The van der Waals surface area contributed by atoms with Crippen LogP contribution in [-0.2, 0) is 0 Å². The zero-order valence-electron chi connectivity index (χ0n) is 8.68. The first kappa shape index (κ1) is 13.0. The average Bonchev–Trinajstić information content (AvgIpc) is 2.11. The second-order valence-corrected chi connectivity index (χ2v) is 4.54. The largest absolute Gasteiger partial charge is 0.389 e. The lowest BCUT2D eigenvalue weighted by atomic mass is 10.0. The molecule has 0 aliphatic rings. The van der Waals surface area contributed by atoms with Gasteiger partial charge in [0.05, 0.1) is 5.60 Å². The van der Waals surface area contributed by atoms with Crippen molar-refractivity contribution in [2.45, 2.75) is 25.9 Å². The van der Waals surface area contributed by atoms with Crippen molar-refractivity contribution in [2.75, 3.05) is 24.6 Å². The van der Waals surface area contributed by atoms with Gasteiger partial charge < -0.3 is 10.4 Å². The zero-order valence-corrected chi connectivity index (χ0v) is 9.49. The fourth-order valence-corrected chi connectivity index (χ4v) is 1.42. The van der Waals surface area contributed by atoms with Gasteiger partial charge in [-0.25, -0.2) is 0 Å². The van der Waals surface area contributed by atoms with Crippen LogP contribution < -0.4 is 5.32 Å². The molecule has 0 saturated heterocycles. The summed E-state index contributed by atoms with van der Waals surface area (Å²) in [4.78, 5) is 0. The average molecular weight is 203 g/mol. The second-order valence-electron chi connectivity index (χ2n) is 3.39. The van der Waals surface area contributed by atoms with Crippen LogP contribution in [0.5, 0.6) is 0 Å². The lowest BCUT2D eigenvalue weighted by molar-refractivity contribution is 0.0565. The van der Waals surface area contributed by atoms with Gasteiger partial charge in [-0.05, 0) is 13.3 Å². The fraction of sp³-hybridized carbons (Fsp3) is 0.800. The molecule has 0 aliphatic heterocycles. The van der Waals surface area contributed by atoms with Crippen molar-refractivity contribution in [3.63, 3.8) is 0 Å². The molecule has 0 rings (SSSR count). The maximum Gasteiger partial charge on any atom is 0.0740 e. The van der Waals surface area contributed by atoms with E-state index in [1.54, 1.807) is 0 Å². The number of aliphatic hydroxyl groups is 1. The maximum absolute atomic E-state index is 9.64. The highest BCUT2D eigenvalue weighted by Crippen LogP contribution is 2.05. The van der Waals surface area contributed by atoms with Crippen LogP contribution in [0.15, 0.2) is 12.7 Å². The first-order valence-electron chi connectivity index (χ1n) is 4.74. The van der Waals surface area contributed by atoms with Crippen molar-refractivity contribution in [3.05, 3.63) is 12.7 Å². The molecule has 3 heteroatoms. The van der Waals surface area contributed by atoms with Gasteiger partial charge >= 0.3 is 0 Å². The Balaban J connectivity index is 3.20. The van der Waals surface area contributed by atoms with Crippen LogP contribution in [0.3, 0.4) is 0 Å². The van der Waals surface area contributed by atoms with E-state index in [2.05, 4.69) is 11.9 Å². The van der Waals surface area contributed by atoms with E-state index in [9.17, 15) is 5.11 Å². The molecule has 78 valence electrons. The predicted octanol–water partition coefficient (Wildman–Crippen LogP) is 1.66. The first-order valence-corrected chi connectivity index (χ1v) is 5.89. The second kappa shape index (κ2) is 7.42. The molecular weight excluding hydrogens is 182 g/mol. The zero-order chi connectivity index (χ0) is 10.2. The van der Waals surface area contributed by atoms with Crippen molar-refractivity contribution in [1.82, 2.24) is 5.32 Å². The molecule has 0 radical (unpaired) electrons. The number of rotatable bonds is 8. The molecular formula is C10H21NOS. The van der Waals surface area contributed by atoms with Crippen LogP contribution >= 0.6 is 11.8 Å². The van der Waals surface area contributed by atoms with Gasteiger partial charge in [0, 0.05) is 24.6 Å². The van der Waals surface area contributed by atoms with Gasteiger partial charge in [0.2, 0.25) is 0 Å². The van der Waals surface area contributed by atoms with Crippen molar-refractivity contribution in [3.8, 4) is 0 Å². The van der Waals surface area contributed by atoms with Gasteiger partial charge in [0.25, 0.3) is 0 Å². The Morgan fingerprint density at radius 1 is 1.62 bits per heavy atom. The smallest absolute Gasteiger partial charge is 0.0740 e. The van der Waals surface area contributed by atoms with Gasteiger partial charge in [-0.3, -0.25) is 0 Å². The van der Waals surface area contributed by atoms with E-state index < -0.39 is 5.60 Å². The molecule has 0 aromatic rings. The molecule has 0 heterocycles. The molecule has 0 aromatic carbocycles. The Kier molecular flexibility index (Phi) is 7.42. The van der Waals surface area contributed by atoms with Crippen LogP contribution in [0.25, 0.3) is 0 Å². The maximum atomic E-state index is 9.64. The lowest BCUT2D eigenvalue weighted by Gasteiger charge is -2.21. The van der Waals surface area contributed by atoms with E-state index in [0.29, 0.717) is 6.54 Å². The van der Waals surface area contributed by atoms with E-state index in [-0.39, 0.29) is 0 Å². The molecule has 13 heavy (non-hydrogen) atoms. The third-order valence-electron chi connectivity index (χ3n) is 1.93. The van der Waals surface area contributed by atoms with Crippen molar-refractivity contribution in [2.24, 2.45) is 0 Å².